The standard InChI is InChI=1S/C14H22FN3O/c1-4-18(9-14(2,3)19)8-11-6-5-10(13(16)17)7-12(11)15/h5-7,19H,4,8-9H2,1-3H3,(H3,16,17). The predicted molar refractivity (Wildman–Crippen MR) is 74.7 cm³/mol. The topological polar surface area (TPSA) is 73.3 Å². The summed E-state index contributed by atoms with van der Waals surface area (Å²) in [6.45, 7) is 7.03. The molecule has 0 atom stereocenters. The molecule has 0 unspecified atom stereocenters. The quantitative estimate of drug-likeness (QED) is 0.542. The van der Waals surface area contributed by atoms with E-state index in [-0.39, 0.29) is 11.7 Å². The average Bonchev–Trinajstić information content (AvgIpc) is 2.28. The minimum Gasteiger partial charge on any atom is -0.389 e. The molecule has 0 saturated heterocycles. The summed E-state index contributed by atoms with van der Waals surface area (Å²) in [7, 11) is 0. The highest BCUT2D eigenvalue weighted by molar-refractivity contribution is 5.94. The van der Waals surface area contributed by atoms with Crippen molar-refractivity contribution in [2.75, 3.05) is 13.1 Å². The molecule has 4 N–H and O–H groups in total. The smallest absolute Gasteiger partial charge is 0.128 e. The van der Waals surface area contributed by atoms with Crippen molar-refractivity contribution in [1.82, 2.24) is 4.90 Å². The van der Waals surface area contributed by atoms with Crippen molar-refractivity contribution in [3.63, 3.8) is 0 Å². The highest BCUT2D eigenvalue weighted by atomic mass is 19.1. The van der Waals surface area contributed by atoms with E-state index in [2.05, 4.69) is 0 Å². The van der Waals surface area contributed by atoms with Crippen LogP contribution in [0.4, 0.5) is 4.39 Å². The Morgan fingerprint density at radius 3 is 2.53 bits per heavy atom. The Balaban J connectivity index is 2.83. The number of amidine groups is 1. The van der Waals surface area contributed by atoms with Gasteiger partial charge in [0.1, 0.15) is 11.7 Å². The molecule has 0 aromatic heterocycles. The van der Waals surface area contributed by atoms with Crippen LogP contribution in [0.25, 0.3) is 0 Å². The number of rotatable bonds is 6. The lowest BCUT2D eigenvalue weighted by Gasteiger charge is -2.28. The number of hydrogen-bond acceptors (Lipinski definition) is 3. The molecule has 0 saturated carbocycles. The van der Waals surface area contributed by atoms with Crippen LogP contribution in [0.15, 0.2) is 18.2 Å². The maximum absolute atomic E-state index is 13.9. The number of nitrogens with zero attached hydrogens (tertiary/aromatic N) is 1. The Hall–Kier alpha value is -1.46. The van der Waals surface area contributed by atoms with Gasteiger partial charge < -0.3 is 10.8 Å². The normalized spacial score (nSPS) is 11.9. The van der Waals surface area contributed by atoms with Gasteiger partial charge in [0.2, 0.25) is 0 Å². The van der Waals surface area contributed by atoms with Crippen LogP contribution in [-0.4, -0.2) is 34.5 Å². The first kappa shape index (κ1) is 15.6. The van der Waals surface area contributed by atoms with E-state index in [9.17, 15) is 9.50 Å². The van der Waals surface area contributed by atoms with Crippen LogP contribution in [0.5, 0.6) is 0 Å². The Kier molecular flexibility index (Phi) is 5.03. The molecule has 19 heavy (non-hydrogen) atoms. The molecule has 0 aliphatic carbocycles. The zero-order valence-corrected chi connectivity index (χ0v) is 11.7. The van der Waals surface area contributed by atoms with E-state index in [0.717, 1.165) is 6.54 Å². The number of halogens is 1. The first-order valence-corrected chi connectivity index (χ1v) is 6.30. The van der Waals surface area contributed by atoms with Crippen molar-refractivity contribution in [2.45, 2.75) is 32.9 Å². The van der Waals surface area contributed by atoms with Gasteiger partial charge in [-0.3, -0.25) is 10.3 Å². The van der Waals surface area contributed by atoms with E-state index in [1.807, 2.05) is 11.8 Å². The average molecular weight is 267 g/mol. The van der Waals surface area contributed by atoms with Gasteiger partial charge in [-0.15, -0.1) is 0 Å². The van der Waals surface area contributed by atoms with Crippen molar-refractivity contribution in [1.29, 1.82) is 5.41 Å². The van der Waals surface area contributed by atoms with E-state index < -0.39 is 5.60 Å². The van der Waals surface area contributed by atoms with Crippen LogP contribution in [-0.2, 0) is 6.54 Å². The summed E-state index contributed by atoms with van der Waals surface area (Å²) in [4.78, 5) is 1.96. The summed E-state index contributed by atoms with van der Waals surface area (Å²) in [5.74, 6) is -0.517. The lowest BCUT2D eigenvalue weighted by Crippen LogP contribution is -2.38. The third kappa shape index (κ3) is 4.96. The molecule has 0 radical (unpaired) electrons. The monoisotopic (exact) mass is 267 g/mol. The molecule has 0 amide bonds. The van der Waals surface area contributed by atoms with Gasteiger partial charge in [-0.2, -0.15) is 0 Å². The molecule has 1 rings (SSSR count). The molecular weight excluding hydrogens is 245 g/mol. The Labute approximate surface area is 113 Å². The van der Waals surface area contributed by atoms with Crippen molar-refractivity contribution in [2.24, 2.45) is 5.73 Å². The van der Waals surface area contributed by atoms with Crippen LogP contribution in [0.2, 0.25) is 0 Å². The largest absolute Gasteiger partial charge is 0.389 e. The summed E-state index contributed by atoms with van der Waals surface area (Å²) >= 11 is 0. The minimum absolute atomic E-state index is 0.144. The number of benzene rings is 1. The van der Waals surface area contributed by atoms with E-state index in [0.29, 0.717) is 24.2 Å². The highest BCUT2D eigenvalue weighted by Crippen LogP contribution is 2.14. The lowest BCUT2D eigenvalue weighted by atomic mass is 10.1. The first-order valence-electron chi connectivity index (χ1n) is 6.30. The Bertz CT molecular complexity index is 454. The van der Waals surface area contributed by atoms with Gasteiger partial charge in [-0.05, 0) is 26.5 Å². The molecule has 1 aromatic carbocycles. The van der Waals surface area contributed by atoms with E-state index in [1.165, 1.54) is 6.07 Å². The SMILES string of the molecule is CCN(Cc1ccc(C(=N)N)cc1F)CC(C)(C)O. The number of nitrogen functional groups attached to an aromatic ring is 1. The summed E-state index contributed by atoms with van der Waals surface area (Å²) in [6, 6.07) is 4.55. The highest BCUT2D eigenvalue weighted by Gasteiger charge is 2.18. The third-order valence-corrected chi connectivity index (χ3v) is 2.82. The van der Waals surface area contributed by atoms with Gasteiger partial charge in [0.15, 0.2) is 0 Å². The molecule has 5 heteroatoms. The summed E-state index contributed by atoms with van der Waals surface area (Å²) in [5, 5.41) is 17.1. The molecule has 0 aliphatic rings. The predicted octanol–water partition coefficient (Wildman–Crippen LogP) is 1.70. The van der Waals surface area contributed by atoms with E-state index in [1.54, 1.807) is 26.0 Å². The molecule has 0 aliphatic heterocycles. The summed E-state index contributed by atoms with van der Waals surface area (Å²) < 4.78 is 13.9. The fraction of sp³-hybridized carbons (Fsp3) is 0.500. The van der Waals surface area contributed by atoms with Crippen molar-refractivity contribution in [3.05, 3.63) is 35.1 Å². The van der Waals surface area contributed by atoms with Gasteiger partial charge in [0, 0.05) is 24.2 Å². The Morgan fingerprint density at radius 2 is 2.11 bits per heavy atom. The number of nitrogens with two attached hydrogens (primary N) is 1. The van der Waals surface area contributed by atoms with Gasteiger partial charge >= 0.3 is 0 Å². The van der Waals surface area contributed by atoms with Crippen LogP contribution in [0.3, 0.4) is 0 Å². The van der Waals surface area contributed by atoms with Crippen LogP contribution < -0.4 is 5.73 Å². The van der Waals surface area contributed by atoms with Crippen LogP contribution in [0.1, 0.15) is 31.9 Å². The Morgan fingerprint density at radius 1 is 1.47 bits per heavy atom. The molecule has 0 fully saturated rings. The lowest BCUT2D eigenvalue weighted by molar-refractivity contribution is 0.0350. The van der Waals surface area contributed by atoms with E-state index in [4.69, 9.17) is 11.1 Å². The molecular formula is C14H22FN3O. The van der Waals surface area contributed by atoms with Gasteiger partial charge in [0.25, 0.3) is 0 Å². The zero-order chi connectivity index (χ0) is 14.6. The fourth-order valence-corrected chi connectivity index (χ4v) is 1.91. The van der Waals surface area contributed by atoms with Gasteiger partial charge in [-0.25, -0.2) is 4.39 Å². The van der Waals surface area contributed by atoms with Gasteiger partial charge in [-0.1, -0.05) is 19.1 Å². The summed E-state index contributed by atoms with van der Waals surface area (Å²) in [5.41, 5.74) is 5.42. The second-order valence-corrected chi connectivity index (χ2v) is 5.34. The third-order valence-electron chi connectivity index (χ3n) is 2.82. The molecule has 4 nitrogen and oxygen atoms in total. The van der Waals surface area contributed by atoms with Crippen LogP contribution in [0, 0.1) is 11.2 Å². The molecule has 1 aromatic rings. The fourth-order valence-electron chi connectivity index (χ4n) is 1.91. The number of nitrogens with one attached hydrogen (secondary N) is 1. The second kappa shape index (κ2) is 6.12. The number of likely N-dealkylation sites (N-methyl/N-ethyl adjacent to an activating group) is 1. The maximum Gasteiger partial charge on any atom is 0.128 e. The number of aliphatic hydroxyl groups is 1. The maximum atomic E-state index is 13.9. The second-order valence-electron chi connectivity index (χ2n) is 5.34. The zero-order valence-electron chi connectivity index (χ0n) is 11.7. The first-order chi connectivity index (χ1) is 8.73. The van der Waals surface area contributed by atoms with Crippen molar-refractivity contribution >= 4 is 5.84 Å². The molecule has 0 bridgehead atoms. The van der Waals surface area contributed by atoms with Crippen molar-refractivity contribution < 1.29 is 9.50 Å². The van der Waals surface area contributed by atoms with Crippen LogP contribution >= 0.6 is 0 Å². The van der Waals surface area contributed by atoms with E-state index >= 15 is 0 Å². The molecule has 0 spiro atoms. The number of hydrogen-bond donors (Lipinski definition) is 3. The molecule has 106 valence electrons. The minimum atomic E-state index is -0.814. The van der Waals surface area contributed by atoms with Gasteiger partial charge in [0.05, 0.1) is 5.60 Å². The van der Waals surface area contributed by atoms with Crippen molar-refractivity contribution in [3.8, 4) is 0 Å². The summed E-state index contributed by atoms with van der Waals surface area (Å²) in [6.07, 6.45) is 0. The molecule has 0 heterocycles.